The number of halogens is 1. The molecule has 110 valence electrons. The Balaban J connectivity index is 0.00000180. The van der Waals surface area contributed by atoms with Crippen LogP contribution >= 0.6 is 12.4 Å². The smallest absolute Gasteiger partial charge is 0.328 e. The van der Waals surface area contributed by atoms with Gasteiger partial charge in [-0.3, -0.25) is 4.79 Å². The Morgan fingerprint density at radius 2 is 2.00 bits per heavy atom. The highest BCUT2D eigenvalue weighted by atomic mass is 35.5. The van der Waals surface area contributed by atoms with Crippen LogP contribution in [-0.4, -0.2) is 31.6 Å². The summed E-state index contributed by atoms with van der Waals surface area (Å²) in [7, 11) is 1.36. The summed E-state index contributed by atoms with van der Waals surface area (Å²) in [6.45, 7) is 0.546. The summed E-state index contributed by atoms with van der Waals surface area (Å²) in [6.07, 6.45) is 4.93. The number of ether oxygens (including phenoxy) is 1. The van der Waals surface area contributed by atoms with E-state index in [1.54, 1.807) is 0 Å². The summed E-state index contributed by atoms with van der Waals surface area (Å²) >= 11 is 0. The fourth-order valence-electron chi connectivity index (χ4n) is 2.85. The molecule has 0 spiro atoms. The Bertz CT molecular complexity index is 334. The predicted octanol–water partition coefficient (Wildman–Crippen LogP) is 0.851. The van der Waals surface area contributed by atoms with Gasteiger partial charge < -0.3 is 15.8 Å². The third-order valence-corrected chi connectivity index (χ3v) is 4.14. The molecule has 19 heavy (non-hydrogen) atoms. The van der Waals surface area contributed by atoms with Crippen molar-refractivity contribution in [3.63, 3.8) is 0 Å². The molecule has 2 aliphatic rings. The second-order valence-electron chi connectivity index (χ2n) is 5.38. The Labute approximate surface area is 120 Å². The van der Waals surface area contributed by atoms with Crippen LogP contribution in [0.2, 0.25) is 0 Å². The van der Waals surface area contributed by atoms with E-state index >= 15 is 0 Å². The van der Waals surface area contributed by atoms with Gasteiger partial charge >= 0.3 is 5.97 Å². The molecule has 0 bridgehead atoms. The van der Waals surface area contributed by atoms with Gasteiger partial charge in [0.2, 0.25) is 5.91 Å². The molecule has 1 amide bonds. The number of hydrogen-bond acceptors (Lipinski definition) is 4. The van der Waals surface area contributed by atoms with Crippen molar-refractivity contribution in [2.45, 2.75) is 38.1 Å². The van der Waals surface area contributed by atoms with Crippen LogP contribution in [0.25, 0.3) is 0 Å². The maximum atomic E-state index is 12.2. The fraction of sp³-hybridized carbons (Fsp3) is 0.846. The number of esters is 1. The van der Waals surface area contributed by atoms with Crippen LogP contribution < -0.4 is 11.1 Å². The minimum Gasteiger partial charge on any atom is -0.467 e. The van der Waals surface area contributed by atoms with Gasteiger partial charge in [0.15, 0.2) is 0 Å². The van der Waals surface area contributed by atoms with Crippen LogP contribution in [0.5, 0.6) is 0 Å². The molecule has 2 rings (SSSR count). The van der Waals surface area contributed by atoms with Crippen molar-refractivity contribution in [2.75, 3.05) is 13.7 Å². The fourth-order valence-corrected chi connectivity index (χ4v) is 2.85. The van der Waals surface area contributed by atoms with Crippen molar-refractivity contribution in [3.8, 4) is 0 Å². The molecule has 0 aromatic heterocycles. The van der Waals surface area contributed by atoms with Crippen molar-refractivity contribution in [1.29, 1.82) is 0 Å². The largest absolute Gasteiger partial charge is 0.467 e. The van der Waals surface area contributed by atoms with Crippen LogP contribution in [0, 0.1) is 17.8 Å². The topological polar surface area (TPSA) is 81.4 Å². The number of nitrogens with one attached hydrogen (secondary N) is 1. The van der Waals surface area contributed by atoms with Gasteiger partial charge in [0.05, 0.1) is 7.11 Å². The van der Waals surface area contributed by atoms with E-state index in [0.717, 1.165) is 32.1 Å². The van der Waals surface area contributed by atoms with E-state index in [1.807, 2.05) is 0 Å². The molecular weight excluding hydrogens is 268 g/mol. The van der Waals surface area contributed by atoms with Gasteiger partial charge in [-0.05, 0) is 44.1 Å². The molecule has 2 saturated carbocycles. The standard InChI is InChI=1S/C13H22N2O3.ClH/c1-18-13(17)11(8-5-6-8)15-12(16)10-4-2-3-9(10)7-14;/h8-11H,2-7,14H2,1H3,(H,15,16);1H/t9-,10-,11?;/m1./s1. The molecule has 0 aromatic carbocycles. The van der Waals surface area contributed by atoms with Gasteiger partial charge in [0.25, 0.3) is 0 Å². The molecule has 3 N–H and O–H groups in total. The van der Waals surface area contributed by atoms with Crippen molar-refractivity contribution in [1.82, 2.24) is 5.32 Å². The van der Waals surface area contributed by atoms with E-state index in [2.05, 4.69) is 5.32 Å². The first-order chi connectivity index (χ1) is 8.67. The number of rotatable bonds is 5. The number of carbonyl (C=O) groups is 2. The lowest BCUT2D eigenvalue weighted by molar-refractivity contribution is -0.146. The maximum absolute atomic E-state index is 12.2. The molecule has 6 heteroatoms. The first kappa shape index (κ1) is 16.2. The van der Waals surface area contributed by atoms with Gasteiger partial charge in [-0.2, -0.15) is 0 Å². The SMILES string of the molecule is COC(=O)C(NC(=O)[C@@H]1CCC[C@@H]1CN)C1CC1.Cl. The lowest BCUT2D eigenvalue weighted by Gasteiger charge is -2.21. The van der Waals surface area contributed by atoms with Crippen LogP contribution in [0.3, 0.4) is 0 Å². The highest BCUT2D eigenvalue weighted by Crippen LogP contribution is 2.35. The van der Waals surface area contributed by atoms with Gasteiger partial charge in [0, 0.05) is 5.92 Å². The molecule has 0 heterocycles. The average Bonchev–Trinajstić information content (AvgIpc) is 3.11. The van der Waals surface area contributed by atoms with Crippen LogP contribution in [0.15, 0.2) is 0 Å². The predicted molar refractivity (Wildman–Crippen MR) is 73.8 cm³/mol. The summed E-state index contributed by atoms with van der Waals surface area (Å²) in [5.41, 5.74) is 5.68. The number of carbonyl (C=O) groups excluding carboxylic acids is 2. The Hall–Kier alpha value is -0.810. The quantitative estimate of drug-likeness (QED) is 0.736. The number of nitrogens with two attached hydrogens (primary N) is 1. The molecule has 0 aliphatic heterocycles. The van der Waals surface area contributed by atoms with Gasteiger partial charge in [-0.25, -0.2) is 4.79 Å². The second-order valence-corrected chi connectivity index (χ2v) is 5.38. The number of methoxy groups -OCH3 is 1. The molecule has 3 atom stereocenters. The molecule has 0 radical (unpaired) electrons. The molecule has 2 fully saturated rings. The number of hydrogen-bond donors (Lipinski definition) is 2. The summed E-state index contributed by atoms with van der Waals surface area (Å²) < 4.78 is 4.75. The van der Waals surface area contributed by atoms with Crippen molar-refractivity contribution < 1.29 is 14.3 Å². The van der Waals surface area contributed by atoms with E-state index in [0.29, 0.717) is 6.54 Å². The number of amides is 1. The van der Waals surface area contributed by atoms with Crippen molar-refractivity contribution in [2.24, 2.45) is 23.5 Å². The van der Waals surface area contributed by atoms with E-state index in [4.69, 9.17) is 10.5 Å². The van der Waals surface area contributed by atoms with Crippen LogP contribution in [0.1, 0.15) is 32.1 Å². The Morgan fingerprint density at radius 1 is 1.32 bits per heavy atom. The molecule has 1 unspecified atom stereocenters. The van der Waals surface area contributed by atoms with Gasteiger partial charge in [0.1, 0.15) is 6.04 Å². The summed E-state index contributed by atoms with van der Waals surface area (Å²) in [5.74, 6) is 0.154. The maximum Gasteiger partial charge on any atom is 0.328 e. The first-order valence-corrected chi connectivity index (χ1v) is 6.75. The normalized spacial score (nSPS) is 27.3. The first-order valence-electron chi connectivity index (χ1n) is 6.75. The monoisotopic (exact) mass is 290 g/mol. The minimum atomic E-state index is -0.457. The summed E-state index contributed by atoms with van der Waals surface area (Å²) in [6, 6.07) is -0.457. The van der Waals surface area contributed by atoms with Crippen LogP contribution in [0.4, 0.5) is 0 Å². The lowest BCUT2D eigenvalue weighted by atomic mass is 9.95. The van der Waals surface area contributed by atoms with E-state index in [-0.39, 0.29) is 42.0 Å². The van der Waals surface area contributed by atoms with Crippen molar-refractivity contribution >= 4 is 24.3 Å². The van der Waals surface area contributed by atoms with E-state index in [9.17, 15) is 9.59 Å². The summed E-state index contributed by atoms with van der Waals surface area (Å²) in [5, 5.41) is 2.87. The van der Waals surface area contributed by atoms with E-state index < -0.39 is 6.04 Å². The second kappa shape index (κ2) is 7.10. The molecular formula is C13H23ClN2O3. The van der Waals surface area contributed by atoms with Gasteiger partial charge in [-0.15, -0.1) is 12.4 Å². The molecule has 0 aromatic rings. The Morgan fingerprint density at radius 3 is 2.53 bits per heavy atom. The van der Waals surface area contributed by atoms with Gasteiger partial charge in [-0.1, -0.05) is 6.42 Å². The van der Waals surface area contributed by atoms with Crippen molar-refractivity contribution in [3.05, 3.63) is 0 Å². The highest BCUT2D eigenvalue weighted by Gasteiger charge is 2.40. The van der Waals surface area contributed by atoms with E-state index in [1.165, 1.54) is 7.11 Å². The zero-order valence-corrected chi connectivity index (χ0v) is 12.1. The summed E-state index contributed by atoms with van der Waals surface area (Å²) in [4.78, 5) is 23.8. The molecule has 0 saturated heterocycles. The average molecular weight is 291 g/mol. The molecule has 5 nitrogen and oxygen atoms in total. The van der Waals surface area contributed by atoms with Crippen LogP contribution in [-0.2, 0) is 14.3 Å². The molecule has 2 aliphatic carbocycles. The third-order valence-electron chi connectivity index (χ3n) is 4.14. The minimum absolute atomic E-state index is 0. The zero-order chi connectivity index (χ0) is 13.1. The lowest BCUT2D eigenvalue weighted by Crippen LogP contribution is -2.46. The highest BCUT2D eigenvalue weighted by molar-refractivity contribution is 5.86. The Kier molecular flexibility index (Phi) is 6.07. The third kappa shape index (κ3) is 3.83. The zero-order valence-electron chi connectivity index (χ0n) is 11.3.